The van der Waals surface area contributed by atoms with Crippen molar-refractivity contribution in [2.24, 2.45) is 0 Å². The van der Waals surface area contributed by atoms with Crippen molar-refractivity contribution in [3.63, 3.8) is 0 Å². The van der Waals surface area contributed by atoms with Crippen LogP contribution in [0.4, 0.5) is 4.39 Å². The van der Waals surface area contributed by atoms with Gasteiger partial charge in [-0.2, -0.15) is 4.98 Å². The molecule has 0 saturated heterocycles. The Morgan fingerprint density at radius 2 is 2.20 bits per heavy atom. The number of aromatic nitrogens is 2. The van der Waals surface area contributed by atoms with E-state index in [0.29, 0.717) is 30.8 Å². The average molecular weight is 277 g/mol. The summed E-state index contributed by atoms with van der Waals surface area (Å²) >= 11 is 0. The molecule has 0 radical (unpaired) electrons. The predicted octanol–water partition coefficient (Wildman–Crippen LogP) is 2.33. The maximum absolute atomic E-state index is 13.5. The van der Waals surface area contributed by atoms with Crippen LogP contribution >= 0.6 is 0 Å². The molecule has 0 atom stereocenters. The van der Waals surface area contributed by atoms with Crippen molar-refractivity contribution >= 4 is 5.91 Å². The van der Waals surface area contributed by atoms with Gasteiger partial charge in [0.25, 0.3) is 0 Å². The summed E-state index contributed by atoms with van der Waals surface area (Å²) in [5.74, 6) is 0.204. The first kappa shape index (κ1) is 14.2. The molecule has 0 unspecified atom stereocenters. The van der Waals surface area contributed by atoms with E-state index in [-0.39, 0.29) is 11.7 Å². The highest BCUT2D eigenvalue weighted by Crippen LogP contribution is 2.19. The van der Waals surface area contributed by atoms with Crippen molar-refractivity contribution in [1.82, 2.24) is 15.5 Å². The topological polar surface area (TPSA) is 68.0 Å². The fraction of sp³-hybridized carbons (Fsp3) is 0.357. The number of nitrogens with one attached hydrogen (secondary N) is 1. The molecule has 5 nitrogen and oxygen atoms in total. The zero-order valence-electron chi connectivity index (χ0n) is 11.2. The third-order valence-electron chi connectivity index (χ3n) is 2.72. The van der Waals surface area contributed by atoms with Gasteiger partial charge >= 0.3 is 0 Å². The fourth-order valence-corrected chi connectivity index (χ4v) is 1.73. The Hall–Kier alpha value is -2.24. The van der Waals surface area contributed by atoms with Gasteiger partial charge in [-0.05, 0) is 18.6 Å². The molecule has 1 aromatic heterocycles. The van der Waals surface area contributed by atoms with Crippen LogP contribution in [0.25, 0.3) is 11.4 Å². The summed E-state index contributed by atoms with van der Waals surface area (Å²) in [6.45, 7) is 2.37. The van der Waals surface area contributed by atoms with Crippen LogP contribution < -0.4 is 5.32 Å². The Kier molecular flexibility index (Phi) is 4.81. The van der Waals surface area contributed by atoms with E-state index < -0.39 is 5.82 Å². The van der Waals surface area contributed by atoms with Gasteiger partial charge in [0, 0.05) is 19.4 Å². The summed E-state index contributed by atoms with van der Waals surface area (Å²) in [6, 6.07) is 6.24. The van der Waals surface area contributed by atoms with Gasteiger partial charge in [-0.1, -0.05) is 24.2 Å². The number of halogens is 1. The van der Waals surface area contributed by atoms with Crippen molar-refractivity contribution in [3.05, 3.63) is 36.0 Å². The lowest BCUT2D eigenvalue weighted by atomic mass is 10.2. The van der Waals surface area contributed by atoms with Crippen LogP contribution in [0.3, 0.4) is 0 Å². The third-order valence-corrected chi connectivity index (χ3v) is 2.72. The number of benzene rings is 1. The number of hydrogen-bond donors (Lipinski definition) is 1. The molecule has 0 aliphatic heterocycles. The Bertz CT molecular complexity index is 583. The van der Waals surface area contributed by atoms with E-state index >= 15 is 0 Å². The van der Waals surface area contributed by atoms with Gasteiger partial charge in [-0.15, -0.1) is 0 Å². The minimum Gasteiger partial charge on any atom is -0.356 e. The van der Waals surface area contributed by atoms with E-state index in [0.717, 1.165) is 6.42 Å². The highest BCUT2D eigenvalue weighted by molar-refractivity contribution is 5.75. The van der Waals surface area contributed by atoms with E-state index in [9.17, 15) is 9.18 Å². The van der Waals surface area contributed by atoms with E-state index in [2.05, 4.69) is 15.5 Å². The molecule has 20 heavy (non-hydrogen) atoms. The van der Waals surface area contributed by atoms with Crippen LogP contribution in [-0.4, -0.2) is 22.6 Å². The van der Waals surface area contributed by atoms with Gasteiger partial charge in [-0.3, -0.25) is 4.79 Å². The molecule has 1 amide bonds. The second kappa shape index (κ2) is 6.79. The molecular formula is C14H16FN3O2. The second-order valence-corrected chi connectivity index (χ2v) is 4.34. The molecule has 6 heteroatoms. The molecule has 0 fully saturated rings. The van der Waals surface area contributed by atoms with Crippen LogP contribution in [-0.2, 0) is 11.2 Å². The number of nitrogens with zero attached hydrogens (tertiary/aromatic N) is 2. The van der Waals surface area contributed by atoms with E-state index in [4.69, 9.17) is 4.52 Å². The number of amides is 1. The molecular weight excluding hydrogens is 261 g/mol. The highest BCUT2D eigenvalue weighted by Gasteiger charge is 2.12. The smallest absolute Gasteiger partial charge is 0.228 e. The predicted molar refractivity (Wildman–Crippen MR) is 71.3 cm³/mol. The quantitative estimate of drug-likeness (QED) is 0.880. The Balaban J connectivity index is 1.93. The molecule has 1 aromatic carbocycles. The van der Waals surface area contributed by atoms with Crippen molar-refractivity contribution in [3.8, 4) is 11.4 Å². The van der Waals surface area contributed by atoms with E-state index in [1.165, 1.54) is 6.07 Å². The minimum absolute atomic E-state index is 0.00124. The molecule has 0 bridgehead atoms. The summed E-state index contributed by atoms with van der Waals surface area (Å²) in [7, 11) is 0. The first-order chi connectivity index (χ1) is 9.70. The molecule has 0 aliphatic rings. The fourth-order valence-electron chi connectivity index (χ4n) is 1.73. The van der Waals surface area contributed by atoms with Gasteiger partial charge in [0.15, 0.2) is 0 Å². The number of hydrogen-bond acceptors (Lipinski definition) is 4. The SMILES string of the molecule is CCCC(=O)NCCc1nc(-c2ccccc2F)no1. The monoisotopic (exact) mass is 277 g/mol. The molecule has 0 saturated carbocycles. The normalized spacial score (nSPS) is 10.5. The van der Waals surface area contributed by atoms with Gasteiger partial charge in [0.2, 0.25) is 17.6 Å². The number of carbonyl (C=O) groups excluding carboxylic acids is 1. The molecule has 106 valence electrons. The molecule has 0 aliphatic carbocycles. The summed E-state index contributed by atoms with van der Waals surface area (Å²) < 4.78 is 18.6. The number of carbonyl (C=O) groups is 1. The maximum Gasteiger partial charge on any atom is 0.228 e. The summed E-state index contributed by atoms with van der Waals surface area (Å²) in [5, 5.41) is 6.49. The zero-order valence-corrected chi connectivity index (χ0v) is 11.2. The lowest BCUT2D eigenvalue weighted by molar-refractivity contribution is -0.121. The Morgan fingerprint density at radius 1 is 1.40 bits per heavy atom. The standard InChI is InChI=1S/C14H16FN3O2/c1-2-5-12(19)16-9-8-13-17-14(18-20-13)10-6-3-4-7-11(10)15/h3-4,6-7H,2,5,8-9H2,1H3,(H,16,19). The second-order valence-electron chi connectivity index (χ2n) is 4.34. The molecule has 2 aromatic rings. The van der Waals surface area contributed by atoms with Crippen LogP contribution in [0.5, 0.6) is 0 Å². The van der Waals surface area contributed by atoms with Gasteiger partial charge in [0.05, 0.1) is 5.56 Å². The van der Waals surface area contributed by atoms with Crippen molar-refractivity contribution in [1.29, 1.82) is 0 Å². The van der Waals surface area contributed by atoms with Crippen LogP contribution in [0.1, 0.15) is 25.7 Å². The molecule has 1 N–H and O–H groups in total. The van der Waals surface area contributed by atoms with Crippen LogP contribution in [0, 0.1) is 5.82 Å². The highest BCUT2D eigenvalue weighted by atomic mass is 19.1. The van der Waals surface area contributed by atoms with Crippen LogP contribution in [0.15, 0.2) is 28.8 Å². The first-order valence-corrected chi connectivity index (χ1v) is 6.55. The minimum atomic E-state index is -0.393. The largest absolute Gasteiger partial charge is 0.356 e. The lowest BCUT2D eigenvalue weighted by Gasteiger charge is -2.00. The van der Waals surface area contributed by atoms with Crippen molar-refractivity contribution < 1.29 is 13.7 Å². The van der Waals surface area contributed by atoms with Gasteiger partial charge in [-0.25, -0.2) is 4.39 Å². The van der Waals surface area contributed by atoms with Crippen molar-refractivity contribution in [2.75, 3.05) is 6.54 Å². The summed E-state index contributed by atoms with van der Waals surface area (Å²) in [4.78, 5) is 15.4. The molecule has 1 heterocycles. The van der Waals surface area contributed by atoms with Gasteiger partial charge < -0.3 is 9.84 Å². The molecule has 2 rings (SSSR count). The zero-order chi connectivity index (χ0) is 14.4. The van der Waals surface area contributed by atoms with Gasteiger partial charge in [0.1, 0.15) is 5.82 Å². The lowest BCUT2D eigenvalue weighted by Crippen LogP contribution is -2.25. The third kappa shape index (κ3) is 3.63. The van der Waals surface area contributed by atoms with Crippen molar-refractivity contribution in [2.45, 2.75) is 26.2 Å². The molecule has 0 spiro atoms. The Morgan fingerprint density at radius 3 is 2.95 bits per heavy atom. The first-order valence-electron chi connectivity index (χ1n) is 6.55. The number of rotatable bonds is 6. The van der Waals surface area contributed by atoms with E-state index in [1.54, 1.807) is 18.2 Å². The van der Waals surface area contributed by atoms with E-state index in [1.807, 2.05) is 6.92 Å². The Labute approximate surface area is 116 Å². The average Bonchev–Trinajstić information content (AvgIpc) is 2.88. The summed E-state index contributed by atoms with van der Waals surface area (Å²) in [6.07, 6.45) is 1.74. The summed E-state index contributed by atoms with van der Waals surface area (Å²) in [5.41, 5.74) is 0.303. The maximum atomic E-state index is 13.5. The van der Waals surface area contributed by atoms with Crippen LogP contribution in [0.2, 0.25) is 0 Å².